The van der Waals surface area contributed by atoms with E-state index in [1.54, 1.807) is 0 Å². The molecule has 1 amide bonds. The van der Waals surface area contributed by atoms with Crippen molar-refractivity contribution >= 4 is 39.1 Å². The van der Waals surface area contributed by atoms with Crippen LogP contribution in [0, 0.1) is 0 Å². The average molecular weight is 336 g/mol. The van der Waals surface area contributed by atoms with Crippen molar-refractivity contribution in [1.82, 2.24) is 5.32 Å². The number of amides is 1. The standard InChI is InChI=1S/C11H14BrNO4S/c1-17-5-4-8(11(15)16)13-10(14)6-7-2-3-9(12)18-7/h2-3,8H,4-6H2,1H3,(H,13,14)(H,15,16). The lowest BCUT2D eigenvalue weighted by Crippen LogP contribution is -2.42. The van der Waals surface area contributed by atoms with E-state index < -0.39 is 12.0 Å². The van der Waals surface area contributed by atoms with Gasteiger partial charge in [-0.25, -0.2) is 4.79 Å². The average Bonchev–Trinajstić information content (AvgIpc) is 2.69. The number of aliphatic carboxylic acids is 1. The van der Waals surface area contributed by atoms with Gasteiger partial charge in [0.25, 0.3) is 0 Å². The molecule has 5 nitrogen and oxygen atoms in total. The van der Waals surface area contributed by atoms with Gasteiger partial charge in [0.05, 0.1) is 10.2 Å². The Hall–Kier alpha value is -0.920. The first-order valence-electron chi connectivity index (χ1n) is 5.28. The number of hydrogen-bond acceptors (Lipinski definition) is 4. The van der Waals surface area contributed by atoms with Gasteiger partial charge in [-0.2, -0.15) is 0 Å². The summed E-state index contributed by atoms with van der Waals surface area (Å²) in [7, 11) is 1.49. The molecule has 7 heteroatoms. The van der Waals surface area contributed by atoms with E-state index in [0.29, 0.717) is 6.61 Å². The van der Waals surface area contributed by atoms with Crippen LogP contribution < -0.4 is 5.32 Å². The Morgan fingerprint density at radius 3 is 2.78 bits per heavy atom. The fourth-order valence-electron chi connectivity index (χ4n) is 1.34. The zero-order valence-electron chi connectivity index (χ0n) is 9.81. The smallest absolute Gasteiger partial charge is 0.326 e. The first-order valence-corrected chi connectivity index (χ1v) is 6.89. The topological polar surface area (TPSA) is 75.6 Å². The second kappa shape index (κ2) is 7.50. The summed E-state index contributed by atoms with van der Waals surface area (Å²) in [5.74, 6) is -1.35. The van der Waals surface area contributed by atoms with E-state index >= 15 is 0 Å². The molecule has 18 heavy (non-hydrogen) atoms. The summed E-state index contributed by atoms with van der Waals surface area (Å²) in [6.07, 6.45) is 0.443. The Kier molecular flexibility index (Phi) is 6.31. The second-order valence-corrected chi connectivity index (χ2v) is 6.17. The molecule has 1 unspecified atom stereocenters. The lowest BCUT2D eigenvalue weighted by molar-refractivity contribution is -0.142. The molecule has 1 heterocycles. The highest BCUT2D eigenvalue weighted by molar-refractivity contribution is 9.11. The van der Waals surface area contributed by atoms with Crippen molar-refractivity contribution in [3.05, 3.63) is 20.8 Å². The van der Waals surface area contributed by atoms with Gasteiger partial charge in [0.15, 0.2) is 0 Å². The molecule has 1 aromatic heterocycles. The third kappa shape index (κ3) is 5.16. The number of carboxylic acids is 1. The molecule has 0 aliphatic carbocycles. The van der Waals surface area contributed by atoms with E-state index in [1.807, 2.05) is 12.1 Å². The summed E-state index contributed by atoms with van der Waals surface area (Å²) in [4.78, 5) is 23.5. The highest BCUT2D eigenvalue weighted by Crippen LogP contribution is 2.22. The largest absolute Gasteiger partial charge is 0.480 e. The molecule has 0 saturated heterocycles. The predicted octanol–water partition coefficient (Wildman–Crippen LogP) is 1.66. The van der Waals surface area contributed by atoms with Gasteiger partial charge in [-0.15, -0.1) is 11.3 Å². The first kappa shape index (κ1) is 15.1. The molecule has 100 valence electrons. The second-order valence-electron chi connectivity index (χ2n) is 3.62. The summed E-state index contributed by atoms with van der Waals surface area (Å²) in [6.45, 7) is 0.293. The van der Waals surface area contributed by atoms with E-state index in [0.717, 1.165) is 8.66 Å². The molecular formula is C11H14BrNO4S. The van der Waals surface area contributed by atoms with Gasteiger partial charge in [-0.1, -0.05) is 0 Å². The molecule has 0 aliphatic heterocycles. The van der Waals surface area contributed by atoms with E-state index in [2.05, 4.69) is 21.2 Å². The van der Waals surface area contributed by atoms with Crippen molar-refractivity contribution < 1.29 is 19.4 Å². The maximum Gasteiger partial charge on any atom is 0.326 e. The SMILES string of the molecule is COCCC(NC(=O)Cc1ccc(Br)s1)C(=O)O. The Bertz CT molecular complexity index is 421. The van der Waals surface area contributed by atoms with Crippen molar-refractivity contribution in [2.45, 2.75) is 18.9 Å². The van der Waals surface area contributed by atoms with Crippen LogP contribution in [0.5, 0.6) is 0 Å². The summed E-state index contributed by atoms with van der Waals surface area (Å²) >= 11 is 4.76. The van der Waals surface area contributed by atoms with Crippen molar-refractivity contribution in [3.63, 3.8) is 0 Å². The molecule has 1 rings (SSSR count). The van der Waals surface area contributed by atoms with Crippen LogP contribution in [-0.2, 0) is 20.7 Å². The molecule has 0 aromatic carbocycles. The van der Waals surface area contributed by atoms with Crippen molar-refractivity contribution in [1.29, 1.82) is 0 Å². The molecule has 0 radical (unpaired) electrons. The fourth-order valence-corrected chi connectivity index (χ4v) is 2.83. The van der Waals surface area contributed by atoms with Crippen LogP contribution in [0.1, 0.15) is 11.3 Å². The number of rotatable bonds is 7. The Labute approximate surface area is 117 Å². The monoisotopic (exact) mass is 335 g/mol. The van der Waals surface area contributed by atoms with Crippen LogP contribution in [0.3, 0.4) is 0 Å². The van der Waals surface area contributed by atoms with E-state index in [-0.39, 0.29) is 18.7 Å². The van der Waals surface area contributed by atoms with Crippen molar-refractivity contribution in [2.24, 2.45) is 0 Å². The lowest BCUT2D eigenvalue weighted by Gasteiger charge is -2.13. The fraction of sp³-hybridized carbons (Fsp3) is 0.455. The minimum absolute atomic E-state index is 0.188. The number of halogens is 1. The number of nitrogens with one attached hydrogen (secondary N) is 1. The van der Waals surface area contributed by atoms with E-state index in [1.165, 1.54) is 18.4 Å². The number of thiophene rings is 1. The quantitative estimate of drug-likeness (QED) is 0.794. The van der Waals surface area contributed by atoms with Gasteiger partial charge in [0, 0.05) is 25.0 Å². The van der Waals surface area contributed by atoms with Gasteiger partial charge in [0.2, 0.25) is 5.91 Å². The van der Waals surface area contributed by atoms with Crippen LogP contribution in [0.15, 0.2) is 15.9 Å². The van der Waals surface area contributed by atoms with Gasteiger partial charge in [-0.3, -0.25) is 4.79 Å². The van der Waals surface area contributed by atoms with Gasteiger partial charge in [-0.05, 0) is 28.1 Å². The highest BCUT2D eigenvalue weighted by atomic mass is 79.9. The Morgan fingerprint density at radius 2 is 2.28 bits per heavy atom. The molecule has 0 bridgehead atoms. The van der Waals surface area contributed by atoms with Gasteiger partial charge in [0.1, 0.15) is 6.04 Å². The first-order chi connectivity index (χ1) is 8.52. The lowest BCUT2D eigenvalue weighted by atomic mass is 10.2. The summed E-state index contributed by atoms with van der Waals surface area (Å²) in [5, 5.41) is 11.4. The van der Waals surface area contributed by atoms with Crippen LogP contribution in [-0.4, -0.2) is 36.7 Å². The minimum Gasteiger partial charge on any atom is -0.480 e. The number of methoxy groups -OCH3 is 1. The molecule has 1 atom stereocenters. The van der Waals surface area contributed by atoms with Crippen LogP contribution in [0.2, 0.25) is 0 Å². The minimum atomic E-state index is -1.05. The molecule has 0 spiro atoms. The maximum absolute atomic E-state index is 11.7. The van der Waals surface area contributed by atoms with Crippen LogP contribution >= 0.6 is 27.3 Å². The zero-order chi connectivity index (χ0) is 13.5. The normalized spacial score (nSPS) is 12.1. The number of hydrogen-bond donors (Lipinski definition) is 2. The molecule has 2 N–H and O–H groups in total. The Balaban J connectivity index is 2.48. The number of carbonyl (C=O) groups excluding carboxylic acids is 1. The zero-order valence-corrected chi connectivity index (χ0v) is 12.2. The molecule has 1 aromatic rings. The van der Waals surface area contributed by atoms with E-state index in [4.69, 9.17) is 9.84 Å². The Morgan fingerprint density at radius 1 is 1.56 bits per heavy atom. The van der Waals surface area contributed by atoms with Crippen LogP contribution in [0.25, 0.3) is 0 Å². The summed E-state index contributed by atoms with van der Waals surface area (Å²) in [6, 6.07) is 2.78. The third-order valence-corrected chi connectivity index (χ3v) is 3.83. The maximum atomic E-state index is 11.7. The van der Waals surface area contributed by atoms with Gasteiger partial charge >= 0.3 is 5.97 Å². The number of carbonyl (C=O) groups is 2. The van der Waals surface area contributed by atoms with Crippen LogP contribution in [0.4, 0.5) is 0 Å². The molecular weight excluding hydrogens is 322 g/mol. The summed E-state index contributed by atoms with van der Waals surface area (Å²) in [5.41, 5.74) is 0. The summed E-state index contributed by atoms with van der Waals surface area (Å²) < 4.78 is 5.75. The predicted molar refractivity (Wildman–Crippen MR) is 71.8 cm³/mol. The molecule has 0 fully saturated rings. The number of carboxylic acid groups (broad SMARTS) is 1. The molecule has 0 aliphatic rings. The van der Waals surface area contributed by atoms with Gasteiger partial charge < -0.3 is 15.2 Å². The highest BCUT2D eigenvalue weighted by Gasteiger charge is 2.19. The number of ether oxygens (including phenoxy) is 1. The van der Waals surface area contributed by atoms with Crippen molar-refractivity contribution in [3.8, 4) is 0 Å². The third-order valence-electron chi connectivity index (χ3n) is 2.21. The van der Waals surface area contributed by atoms with Crippen molar-refractivity contribution in [2.75, 3.05) is 13.7 Å². The van der Waals surface area contributed by atoms with E-state index in [9.17, 15) is 9.59 Å². The molecule has 0 saturated carbocycles.